The van der Waals surface area contributed by atoms with Crippen LogP contribution in [0.3, 0.4) is 0 Å². The van der Waals surface area contributed by atoms with Crippen LogP contribution in [0.2, 0.25) is 0 Å². The average molecular weight is 329 g/mol. The van der Waals surface area contributed by atoms with Crippen molar-refractivity contribution >= 4 is 0 Å². The van der Waals surface area contributed by atoms with E-state index in [0.29, 0.717) is 29.9 Å². The topological polar surface area (TPSA) is 29.9 Å². The van der Waals surface area contributed by atoms with Crippen molar-refractivity contribution in [3.8, 4) is 16.9 Å². The molecule has 24 heavy (non-hydrogen) atoms. The van der Waals surface area contributed by atoms with Gasteiger partial charge in [-0.25, -0.2) is 17.9 Å². The maximum Gasteiger partial charge on any atom is 0.148 e. The van der Waals surface area contributed by atoms with Crippen LogP contribution in [-0.2, 0) is 13.0 Å². The van der Waals surface area contributed by atoms with Crippen molar-refractivity contribution in [2.24, 2.45) is 0 Å². The summed E-state index contributed by atoms with van der Waals surface area (Å²) in [6.07, 6.45) is 0.661. The minimum atomic E-state index is -0.664. The lowest BCUT2D eigenvalue weighted by Gasteiger charge is -2.16. The SMILES string of the molecule is Fc1cc(F)cc(-c2nn(-c3ccccc3F)c3c2CNCC3)c1. The molecule has 0 bridgehead atoms. The minimum Gasteiger partial charge on any atom is -0.312 e. The molecule has 3 nitrogen and oxygen atoms in total. The molecule has 1 aromatic heterocycles. The first-order chi connectivity index (χ1) is 11.6. The van der Waals surface area contributed by atoms with E-state index in [1.807, 2.05) is 0 Å². The Morgan fingerprint density at radius 2 is 1.75 bits per heavy atom. The van der Waals surface area contributed by atoms with Crippen LogP contribution in [0.1, 0.15) is 11.3 Å². The number of nitrogens with zero attached hydrogens (tertiary/aromatic N) is 2. The van der Waals surface area contributed by atoms with Crippen molar-refractivity contribution in [2.45, 2.75) is 13.0 Å². The van der Waals surface area contributed by atoms with Crippen LogP contribution in [0, 0.1) is 17.5 Å². The highest BCUT2D eigenvalue weighted by Crippen LogP contribution is 2.31. The highest BCUT2D eigenvalue weighted by Gasteiger charge is 2.24. The van der Waals surface area contributed by atoms with E-state index >= 15 is 0 Å². The second kappa shape index (κ2) is 5.79. The van der Waals surface area contributed by atoms with Crippen LogP contribution in [0.4, 0.5) is 13.2 Å². The molecule has 0 amide bonds. The van der Waals surface area contributed by atoms with E-state index in [4.69, 9.17) is 0 Å². The van der Waals surface area contributed by atoms with Gasteiger partial charge in [-0.2, -0.15) is 5.10 Å². The number of nitrogens with one attached hydrogen (secondary N) is 1. The van der Waals surface area contributed by atoms with Gasteiger partial charge in [-0.3, -0.25) is 0 Å². The van der Waals surface area contributed by atoms with E-state index in [1.54, 1.807) is 22.9 Å². The van der Waals surface area contributed by atoms with Crippen LogP contribution in [0.5, 0.6) is 0 Å². The summed E-state index contributed by atoms with van der Waals surface area (Å²) >= 11 is 0. The number of aromatic nitrogens is 2. The summed E-state index contributed by atoms with van der Waals surface area (Å²) in [5, 5.41) is 7.70. The van der Waals surface area contributed by atoms with Gasteiger partial charge in [-0.05, 0) is 24.3 Å². The zero-order valence-electron chi connectivity index (χ0n) is 12.7. The molecule has 0 radical (unpaired) electrons. The van der Waals surface area contributed by atoms with Crippen molar-refractivity contribution in [1.82, 2.24) is 15.1 Å². The molecule has 1 N–H and O–H groups in total. The van der Waals surface area contributed by atoms with Crippen molar-refractivity contribution in [3.63, 3.8) is 0 Å². The van der Waals surface area contributed by atoms with Crippen molar-refractivity contribution in [1.29, 1.82) is 0 Å². The van der Waals surface area contributed by atoms with Gasteiger partial charge in [0.1, 0.15) is 23.1 Å². The highest BCUT2D eigenvalue weighted by atomic mass is 19.1. The van der Waals surface area contributed by atoms with Crippen LogP contribution in [0.25, 0.3) is 16.9 Å². The van der Waals surface area contributed by atoms with Gasteiger partial charge in [0.2, 0.25) is 0 Å². The van der Waals surface area contributed by atoms with E-state index in [-0.39, 0.29) is 0 Å². The van der Waals surface area contributed by atoms with Crippen LogP contribution in [-0.4, -0.2) is 16.3 Å². The van der Waals surface area contributed by atoms with Crippen LogP contribution >= 0.6 is 0 Å². The molecule has 0 aliphatic carbocycles. The number of para-hydroxylation sites is 1. The van der Waals surface area contributed by atoms with E-state index in [1.165, 1.54) is 18.2 Å². The Kier molecular flexibility index (Phi) is 3.61. The smallest absolute Gasteiger partial charge is 0.148 e. The third kappa shape index (κ3) is 2.49. The Balaban J connectivity index is 1.95. The summed E-state index contributed by atoms with van der Waals surface area (Å²) in [5.74, 6) is -1.72. The zero-order valence-corrected chi connectivity index (χ0v) is 12.7. The lowest BCUT2D eigenvalue weighted by atomic mass is 10.0. The fourth-order valence-corrected chi connectivity index (χ4v) is 3.09. The van der Waals surface area contributed by atoms with Gasteiger partial charge in [0.15, 0.2) is 0 Å². The maximum absolute atomic E-state index is 14.2. The molecule has 4 rings (SSSR count). The summed E-state index contributed by atoms with van der Waals surface area (Å²) in [6.45, 7) is 1.27. The Labute approximate surface area is 136 Å². The molecule has 2 heterocycles. The van der Waals surface area contributed by atoms with Gasteiger partial charge in [0.05, 0.1) is 11.4 Å². The third-order valence-electron chi connectivity index (χ3n) is 4.15. The first-order valence-corrected chi connectivity index (χ1v) is 7.66. The molecule has 2 aromatic carbocycles. The largest absolute Gasteiger partial charge is 0.312 e. The molecule has 122 valence electrons. The van der Waals surface area contributed by atoms with E-state index < -0.39 is 17.5 Å². The zero-order chi connectivity index (χ0) is 16.7. The Hall–Kier alpha value is -2.60. The number of hydrogen-bond donors (Lipinski definition) is 1. The fraction of sp³-hybridized carbons (Fsp3) is 0.167. The first kappa shape index (κ1) is 15.0. The molecular weight excluding hydrogens is 315 g/mol. The van der Waals surface area contributed by atoms with Gasteiger partial charge >= 0.3 is 0 Å². The fourth-order valence-electron chi connectivity index (χ4n) is 3.09. The summed E-state index contributed by atoms with van der Waals surface area (Å²) in [7, 11) is 0. The quantitative estimate of drug-likeness (QED) is 0.778. The molecule has 0 unspecified atom stereocenters. The molecule has 0 atom stereocenters. The van der Waals surface area contributed by atoms with E-state index in [0.717, 1.165) is 23.9 Å². The highest BCUT2D eigenvalue weighted by molar-refractivity contribution is 5.65. The lowest BCUT2D eigenvalue weighted by Crippen LogP contribution is -2.24. The first-order valence-electron chi connectivity index (χ1n) is 7.66. The van der Waals surface area contributed by atoms with Crippen LogP contribution in [0.15, 0.2) is 42.5 Å². The molecule has 0 fully saturated rings. The summed E-state index contributed by atoms with van der Waals surface area (Å²) in [6, 6.07) is 9.65. The number of rotatable bonds is 2. The van der Waals surface area contributed by atoms with Gasteiger partial charge in [-0.1, -0.05) is 12.1 Å². The number of fused-ring (bicyclic) bond motifs is 1. The Morgan fingerprint density at radius 1 is 1.00 bits per heavy atom. The standard InChI is InChI=1S/C18H14F3N3/c19-12-7-11(8-13(20)9-12)18-14-10-22-6-5-16(14)24(23-18)17-4-2-1-3-15(17)21/h1-4,7-9,22H,5-6,10H2. The molecular formula is C18H14F3N3. The monoisotopic (exact) mass is 329 g/mol. The van der Waals surface area contributed by atoms with Crippen molar-refractivity contribution < 1.29 is 13.2 Å². The van der Waals surface area contributed by atoms with Gasteiger partial charge in [0.25, 0.3) is 0 Å². The van der Waals surface area contributed by atoms with Gasteiger partial charge in [-0.15, -0.1) is 0 Å². The molecule has 1 aliphatic heterocycles. The number of hydrogen-bond acceptors (Lipinski definition) is 2. The average Bonchev–Trinajstić information content (AvgIpc) is 2.94. The predicted octanol–water partition coefficient (Wildman–Crippen LogP) is 3.60. The second-order valence-electron chi connectivity index (χ2n) is 5.72. The Bertz CT molecular complexity index is 898. The van der Waals surface area contributed by atoms with Crippen LogP contribution < -0.4 is 5.32 Å². The summed E-state index contributed by atoms with van der Waals surface area (Å²) in [4.78, 5) is 0. The summed E-state index contributed by atoms with van der Waals surface area (Å²) in [5.41, 5.74) is 2.85. The minimum absolute atomic E-state index is 0.332. The lowest BCUT2D eigenvalue weighted by molar-refractivity contribution is 0.584. The third-order valence-corrected chi connectivity index (χ3v) is 4.15. The maximum atomic E-state index is 14.2. The number of halogens is 3. The molecule has 0 saturated carbocycles. The normalized spacial score (nSPS) is 13.8. The number of benzene rings is 2. The summed E-state index contributed by atoms with van der Waals surface area (Å²) < 4.78 is 42.9. The molecule has 1 aliphatic rings. The molecule has 0 spiro atoms. The van der Waals surface area contributed by atoms with E-state index in [2.05, 4.69) is 10.4 Å². The molecule has 6 heteroatoms. The Morgan fingerprint density at radius 3 is 2.50 bits per heavy atom. The van der Waals surface area contributed by atoms with Crippen molar-refractivity contribution in [2.75, 3.05) is 6.54 Å². The molecule has 3 aromatic rings. The van der Waals surface area contributed by atoms with Crippen molar-refractivity contribution in [3.05, 3.63) is 71.2 Å². The second-order valence-corrected chi connectivity index (χ2v) is 5.72. The van der Waals surface area contributed by atoms with E-state index in [9.17, 15) is 13.2 Å². The van der Waals surface area contributed by atoms with Gasteiger partial charge in [0, 0.05) is 36.7 Å². The van der Waals surface area contributed by atoms with Gasteiger partial charge < -0.3 is 5.32 Å². The molecule has 0 saturated heterocycles. The predicted molar refractivity (Wildman–Crippen MR) is 84.3 cm³/mol.